The Hall–Kier alpha value is -1.52. The zero-order valence-electron chi connectivity index (χ0n) is 9.78. The van der Waals surface area contributed by atoms with Crippen molar-refractivity contribution < 1.29 is 4.42 Å². The molecule has 3 N–H and O–H groups in total. The molecule has 1 aromatic carbocycles. The number of nitrogens with two attached hydrogens (primary N) is 1. The lowest BCUT2D eigenvalue weighted by molar-refractivity contribution is 0.552. The number of nitrogens with one attached hydrogen (secondary N) is 1. The topological polar surface area (TPSA) is 54.4 Å². The molecule has 0 spiro atoms. The molecule has 0 radical (unpaired) electrons. The summed E-state index contributed by atoms with van der Waals surface area (Å²) >= 11 is 0. The summed E-state index contributed by atoms with van der Waals surface area (Å²) in [5.41, 5.74) is 7.77. The maximum absolute atomic E-state index is 5.60. The second-order valence-corrected chi connectivity index (χ2v) is 4.38. The highest BCUT2D eigenvalue weighted by Crippen LogP contribution is 2.25. The molecule has 0 atom stereocenters. The number of anilines is 1. The van der Waals surface area contributed by atoms with Gasteiger partial charge in [0.1, 0.15) is 11.3 Å². The minimum Gasteiger partial charge on any atom is -0.460 e. The van der Waals surface area contributed by atoms with E-state index in [9.17, 15) is 0 Å². The molecule has 1 saturated heterocycles. The Kier molecular flexibility index (Phi) is 2.74. The van der Waals surface area contributed by atoms with Gasteiger partial charge in [-0.25, -0.2) is 0 Å². The molecule has 1 aromatic heterocycles. The third kappa shape index (κ3) is 2.01. The monoisotopic (exact) mass is 231 g/mol. The van der Waals surface area contributed by atoms with Gasteiger partial charge >= 0.3 is 0 Å². The Morgan fingerprint density at radius 3 is 2.82 bits per heavy atom. The molecule has 0 bridgehead atoms. The summed E-state index contributed by atoms with van der Waals surface area (Å²) in [6.07, 6.45) is 0. The number of hydrogen-bond donors (Lipinski definition) is 2. The lowest BCUT2D eigenvalue weighted by atomic mass is 10.2. The van der Waals surface area contributed by atoms with E-state index >= 15 is 0 Å². The molecule has 4 nitrogen and oxygen atoms in total. The highest BCUT2D eigenvalue weighted by molar-refractivity contribution is 5.82. The van der Waals surface area contributed by atoms with Crippen molar-refractivity contribution >= 4 is 16.7 Å². The first kappa shape index (κ1) is 10.6. The van der Waals surface area contributed by atoms with Crippen LogP contribution < -0.4 is 16.0 Å². The molecule has 0 unspecified atom stereocenters. The Morgan fingerprint density at radius 1 is 1.24 bits per heavy atom. The molecule has 90 valence electrons. The second kappa shape index (κ2) is 4.39. The summed E-state index contributed by atoms with van der Waals surface area (Å²) in [6.45, 7) is 4.69. The van der Waals surface area contributed by atoms with Gasteiger partial charge in [0, 0.05) is 37.3 Å². The van der Waals surface area contributed by atoms with Crippen LogP contribution in [0.5, 0.6) is 0 Å². The number of piperazine rings is 1. The zero-order chi connectivity index (χ0) is 11.7. The van der Waals surface area contributed by atoms with E-state index in [0.29, 0.717) is 6.54 Å². The SMILES string of the molecule is NCc1cc2cc(N3CCNCC3)ccc2o1. The zero-order valence-corrected chi connectivity index (χ0v) is 9.78. The fraction of sp³-hybridized carbons (Fsp3) is 0.385. The van der Waals surface area contributed by atoms with Crippen LogP contribution in [0, 0.1) is 0 Å². The average molecular weight is 231 g/mol. The smallest absolute Gasteiger partial charge is 0.134 e. The molecule has 3 rings (SSSR count). The van der Waals surface area contributed by atoms with Crippen molar-refractivity contribution in [3.05, 3.63) is 30.0 Å². The quantitative estimate of drug-likeness (QED) is 0.818. The molecule has 1 fully saturated rings. The first-order valence-electron chi connectivity index (χ1n) is 6.05. The molecule has 17 heavy (non-hydrogen) atoms. The standard InChI is InChI=1S/C13H17N3O/c14-9-12-8-10-7-11(1-2-13(10)17-12)16-5-3-15-4-6-16/h1-2,7-8,15H,3-6,9,14H2. The Bertz CT molecular complexity index is 514. The van der Waals surface area contributed by atoms with Crippen molar-refractivity contribution in [2.75, 3.05) is 31.1 Å². The van der Waals surface area contributed by atoms with E-state index in [2.05, 4.69) is 22.3 Å². The van der Waals surface area contributed by atoms with Gasteiger partial charge in [-0.15, -0.1) is 0 Å². The van der Waals surface area contributed by atoms with Crippen LogP contribution in [-0.2, 0) is 6.54 Å². The third-order valence-electron chi connectivity index (χ3n) is 3.23. The summed E-state index contributed by atoms with van der Waals surface area (Å²) in [6, 6.07) is 8.37. The van der Waals surface area contributed by atoms with Crippen LogP contribution in [0.25, 0.3) is 11.0 Å². The lowest BCUT2D eigenvalue weighted by Gasteiger charge is -2.29. The largest absolute Gasteiger partial charge is 0.460 e. The van der Waals surface area contributed by atoms with Gasteiger partial charge in [-0.05, 0) is 24.3 Å². The predicted octanol–water partition coefficient (Wildman–Crippen LogP) is 1.30. The fourth-order valence-electron chi connectivity index (χ4n) is 2.31. The molecular weight excluding hydrogens is 214 g/mol. The summed E-state index contributed by atoms with van der Waals surface area (Å²) in [5, 5.41) is 4.50. The molecule has 1 aliphatic rings. The van der Waals surface area contributed by atoms with Gasteiger partial charge in [-0.1, -0.05) is 0 Å². The van der Waals surface area contributed by atoms with Gasteiger partial charge in [0.05, 0.1) is 6.54 Å². The maximum atomic E-state index is 5.60. The van der Waals surface area contributed by atoms with Crippen LogP contribution >= 0.6 is 0 Å². The van der Waals surface area contributed by atoms with E-state index in [4.69, 9.17) is 10.2 Å². The van der Waals surface area contributed by atoms with Crippen molar-refractivity contribution in [3.8, 4) is 0 Å². The Morgan fingerprint density at radius 2 is 2.06 bits per heavy atom. The van der Waals surface area contributed by atoms with E-state index in [1.54, 1.807) is 0 Å². The predicted molar refractivity (Wildman–Crippen MR) is 69.2 cm³/mol. The fourth-order valence-corrected chi connectivity index (χ4v) is 2.31. The van der Waals surface area contributed by atoms with Gasteiger partial charge < -0.3 is 20.4 Å². The number of furan rings is 1. The highest BCUT2D eigenvalue weighted by Gasteiger charge is 2.11. The van der Waals surface area contributed by atoms with Crippen molar-refractivity contribution in [2.45, 2.75) is 6.54 Å². The van der Waals surface area contributed by atoms with Crippen LogP contribution in [0.3, 0.4) is 0 Å². The third-order valence-corrected chi connectivity index (χ3v) is 3.23. The summed E-state index contributed by atoms with van der Waals surface area (Å²) in [4.78, 5) is 2.39. The van der Waals surface area contributed by atoms with Gasteiger partial charge in [0.2, 0.25) is 0 Å². The molecule has 1 aliphatic heterocycles. The number of nitrogens with zero attached hydrogens (tertiary/aromatic N) is 1. The van der Waals surface area contributed by atoms with Crippen molar-refractivity contribution in [1.29, 1.82) is 0 Å². The minimum absolute atomic E-state index is 0.456. The molecule has 0 saturated carbocycles. The van der Waals surface area contributed by atoms with Gasteiger partial charge in [0.15, 0.2) is 0 Å². The van der Waals surface area contributed by atoms with Crippen molar-refractivity contribution in [2.24, 2.45) is 5.73 Å². The van der Waals surface area contributed by atoms with Gasteiger partial charge in [-0.3, -0.25) is 0 Å². The van der Waals surface area contributed by atoms with Gasteiger partial charge in [0.25, 0.3) is 0 Å². The van der Waals surface area contributed by atoms with E-state index in [0.717, 1.165) is 42.9 Å². The number of benzene rings is 1. The molecular formula is C13H17N3O. The number of hydrogen-bond acceptors (Lipinski definition) is 4. The first-order valence-corrected chi connectivity index (χ1v) is 6.05. The lowest BCUT2D eigenvalue weighted by Crippen LogP contribution is -2.43. The second-order valence-electron chi connectivity index (χ2n) is 4.38. The summed E-state index contributed by atoms with van der Waals surface area (Å²) < 4.78 is 5.60. The van der Waals surface area contributed by atoms with Gasteiger partial charge in [-0.2, -0.15) is 0 Å². The van der Waals surface area contributed by atoms with E-state index in [1.165, 1.54) is 5.69 Å². The van der Waals surface area contributed by atoms with Crippen LogP contribution in [0.4, 0.5) is 5.69 Å². The van der Waals surface area contributed by atoms with E-state index < -0.39 is 0 Å². The van der Waals surface area contributed by atoms with E-state index in [1.807, 2.05) is 12.1 Å². The first-order chi connectivity index (χ1) is 8.36. The molecule has 4 heteroatoms. The molecule has 2 heterocycles. The van der Waals surface area contributed by atoms with Crippen molar-refractivity contribution in [1.82, 2.24) is 5.32 Å². The van der Waals surface area contributed by atoms with Crippen LogP contribution in [0.15, 0.2) is 28.7 Å². The van der Waals surface area contributed by atoms with Crippen LogP contribution in [0.1, 0.15) is 5.76 Å². The summed E-state index contributed by atoms with van der Waals surface area (Å²) in [5.74, 6) is 0.845. The van der Waals surface area contributed by atoms with Crippen LogP contribution in [0.2, 0.25) is 0 Å². The molecule has 0 amide bonds. The van der Waals surface area contributed by atoms with Crippen molar-refractivity contribution in [3.63, 3.8) is 0 Å². The normalized spacial score (nSPS) is 16.6. The minimum atomic E-state index is 0.456. The highest BCUT2D eigenvalue weighted by atomic mass is 16.3. The maximum Gasteiger partial charge on any atom is 0.134 e. The summed E-state index contributed by atoms with van der Waals surface area (Å²) in [7, 11) is 0. The number of fused-ring (bicyclic) bond motifs is 1. The molecule has 2 aromatic rings. The van der Waals surface area contributed by atoms with Crippen LogP contribution in [-0.4, -0.2) is 26.2 Å². The Balaban J connectivity index is 1.94. The van der Waals surface area contributed by atoms with E-state index in [-0.39, 0.29) is 0 Å². The Labute approximate surface area is 100 Å². The number of rotatable bonds is 2. The molecule has 0 aliphatic carbocycles. The average Bonchev–Trinajstić information content (AvgIpc) is 2.81.